The van der Waals surface area contributed by atoms with Crippen molar-refractivity contribution in [3.8, 4) is 5.75 Å². The summed E-state index contributed by atoms with van der Waals surface area (Å²) in [5.74, 6) is -0.0124. The number of rotatable bonds is 10. The van der Waals surface area contributed by atoms with E-state index in [4.69, 9.17) is 16.3 Å². The van der Waals surface area contributed by atoms with E-state index in [9.17, 15) is 9.59 Å². The number of aromatic nitrogens is 2. The van der Waals surface area contributed by atoms with E-state index in [0.29, 0.717) is 23.2 Å². The molecule has 2 aliphatic heterocycles. The quantitative estimate of drug-likeness (QED) is 0.197. The van der Waals surface area contributed by atoms with E-state index in [0.717, 1.165) is 57.5 Å². The molecule has 3 heterocycles. The van der Waals surface area contributed by atoms with Gasteiger partial charge in [-0.2, -0.15) is 4.98 Å². The molecule has 1 aromatic heterocycles. The molecule has 0 spiro atoms. The normalized spacial score (nSPS) is 16.2. The van der Waals surface area contributed by atoms with E-state index < -0.39 is 11.7 Å². The first-order valence-electron chi connectivity index (χ1n) is 14.6. The van der Waals surface area contributed by atoms with Crippen molar-refractivity contribution in [3.05, 3.63) is 59.2 Å². The van der Waals surface area contributed by atoms with Gasteiger partial charge in [-0.25, -0.2) is 4.98 Å². The van der Waals surface area contributed by atoms with Crippen LogP contribution in [0, 0.1) is 0 Å². The smallest absolute Gasteiger partial charge is 0.292 e. The summed E-state index contributed by atoms with van der Waals surface area (Å²) >= 11 is 6.45. The summed E-state index contributed by atoms with van der Waals surface area (Å²) < 4.78 is 5.70. The minimum atomic E-state index is -0.630. The number of halogens is 1. The summed E-state index contributed by atoms with van der Waals surface area (Å²) in [6.45, 7) is 3.59. The van der Waals surface area contributed by atoms with Crippen LogP contribution in [0.2, 0.25) is 5.02 Å². The lowest BCUT2D eigenvalue weighted by molar-refractivity contribution is -0.117. The van der Waals surface area contributed by atoms with Crippen LogP contribution in [0.3, 0.4) is 0 Å². The highest BCUT2D eigenvalue weighted by Gasteiger charge is 2.24. The Balaban J connectivity index is 1.29. The van der Waals surface area contributed by atoms with Gasteiger partial charge in [0.25, 0.3) is 11.7 Å². The average Bonchev–Trinajstić information content (AvgIpc) is 3.03. The molecular formula is C31H39ClN8O3. The summed E-state index contributed by atoms with van der Waals surface area (Å²) in [6.07, 6.45) is 5.27. The molecule has 4 N–H and O–H groups in total. The van der Waals surface area contributed by atoms with Gasteiger partial charge in [0.2, 0.25) is 5.95 Å². The topological polar surface area (TPSA) is 124 Å². The number of nitrogens with zero attached hydrogens (tertiary/aromatic N) is 4. The molecule has 11 nitrogen and oxygen atoms in total. The van der Waals surface area contributed by atoms with Crippen molar-refractivity contribution in [3.63, 3.8) is 0 Å². The Morgan fingerprint density at radius 1 is 1.02 bits per heavy atom. The van der Waals surface area contributed by atoms with Gasteiger partial charge < -0.3 is 35.8 Å². The summed E-state index contributed by atoms with van der Waals surface area (Å²) in [5, 5.41) is 12.7. The minimum Gasteiger partial charge on any atom is -0.494 e. The maximum atomic E-state index is 13.1. The van der Waals surface area contributed by atoms with Gasteiger partial charge in [-0.3, -0.25) is 9.59 Å². The molecule has 43 heavy (non-hydrogen) atoms. The van der Waals surface area contributed by atoms with Gasteiger partial charge in [0.1, 0.15) is 10.8 Å². The summed E-state index contributed by atoms with van der Waals surface area (Å²) in [5.41, 5.74) is 2.45. The lowest BCUT2D eigenvalue weighted by Gasteiger charge is -2.36. The van der Waals surface area contributed by atoms with Crippen molar-refractivity contribution in [2.45, 2.75) is 37.8 Å². The van der Waals surface area contributed by atoms with E-state index in [1.54, 1.807) is 31.4 Å². The fraction of sp³-hybridized carbons (Fsp3) is 0.419. The van der Waals surface area contributed by atoms with E-state index in [-0.39, 0.29) is 28.4 Å². The number of Topliss-reactive ketones (excluding diaryl/α,β-unsaturated/α-hetero) is 1. The van der Waals surface area contributed by atoms with Gasteiger partial charge in [0.05, 0.1) is 30.2 Å². The SMILES string of the molecule is COc1cc(N2CCC(N(C)C)CC2)ccc1Nc1ncc(Cl)c(Nc2ccccc2C(=O)C(=O)NC2CCNCC2)n1. The van der Waals surface area contributed by atoms with Gasteiger partial charge in [-0.05, 0) is 77.1 Å². The third kappa shape index (κ3) is 7.54. The van der Waals surface area contributed by atoms with Gasteiger partial charge in [-0.1, -0.05) is 23.7 Å². The van der Waals surface area contributed by atoms with Crippen LogP contribution in [0.15, 0.2) is 48.7 Å². The molecule has 0 aliphatic carbocycles. The molecule has 2 aliphatic rings. The number of benzene rings is 2. The Bertz CT molecular complexity index is 1440. The van der Waals surface area contributed by atoms with Crippen molar-refractivity contribution >= 4 is 52.1 Å². The second-order valence-electron chi connectivity index (χ2n) is 11.1. The number of hydrogen-bond acceptors (Lipinski definition) is 10. The van der Waals surface area contributed by atoms with Gasteiger partial charge in [0, 0.05) is 36.9 Å². The molecule has 0 bridgehead atoms. The first kappa shape index (κ1) is 30.5. The monoisotopic (exact) mass is 606 g/mol. The number of ether oxygens (including phenoxy) is 1. The van der Waals surface area contributed by atoms with Crippen LogP contribution >= 0.6 is 11.6 Å². The number of ketones is 1. The van der Waals surface area contributed by atoms with Crippen LogP contribution in [0.1, 0.15) is 36.0 Å². The zero-order valence-electron chi connectivity index (χ0n) is 24.8. The molecule has 0 unspecified atom stereocenters. The Hall–Kier alpha value is -3.93. The van der Waals surface area contributed by atoms with E-state index in [2.05, 4.69) is 61.2 Å². The summed E-state index contributed by atoms with van der Waals surface area (Å²) in [4.78, 5) is 39.5. The van der Waals surface area contributed by atoms with Crippen LogP contribution in [-0.2, 0) is 4.79 Å². The molecule has 2 aromatic carbocycles. The molecule has 228 valence electrons. The van der Waals surface area contributed by atoms with Gasteiger partial charge in [-0.15, -0.1) is 0 Å². The third-order valence-corrected chi connectivity index (χ3v) is 8.32. The number of carbonyl (C=O) groups excluding carboxylic acids is 2. The molecule has 2 fully saturated rings. The first-order chi connectivity index (χ1) is 20.8. The molecule has 0 radical (unpaired) electrons. The van der Waals surface area contributed by atoms with Crippen LogP contribution in [0.4, 0.5) is 28.8 Å². The van der Waals surface area contributed by atoms with E-state index in [1.807, 2.05) is 12.1 Å². The fourth-order valence-electron chi connectivity index (χ4n) is 5.51. The molecule has 3 aromatic rings. The maximum Gasteiger partial charge on any atom is 0.292 e. The van der Waals surface area contributed by atoms with E-state index in [1.165, 1.54) is 6.20 Å². The fourth-order valence-corrected chi connectivity index (χ4v) is 5.65. The number of nitrogens with one attached hydrogen (secondary N) is 4. The van der Waals surface area contributed by atoms with Gasteiger partial charge >= 0.3 is 0 Å². The number of piperidine rings is 2. The molecule has 2 saturated heterocycles. The number of amides is 1. The largest absolute Gasteiger partial charge is 0.494 e. The van der Waals surface area contributed by atoms with E-state index >= 15 is 0 Å². The predicted octanol–water partition coefficient (Wildman–Crippen LogP) is 4.21. The number of hydrogen-bond donors (Lipinski definition) is 4. The summed E-state index contributed by atoms with van der Waals surface area (Å²) in [6, 6.07) is 13.4. The second-order valence-corrected chi connectivity index (χ2v) is 11.5. The molecule has 12 heteroatoms. The van der Waals surface area contributed by atoms with Crippen LogP contribution in [0.25, 0.3) is 0 Å². The third-order valence-electron chi connectivity index (χ3n) is 8.04. The predicted molar refractivity (Wildman–Crippen MR) is 170 cm³/mol. The number of methoxy groups -OCH3 is 1. The standard InChI is InChI=1S/C31H39ClN8O3/c1-39(2)21-12-16-40(17-13-21)22-8-9-26(27(18-22)43-3)37-31-34-19-24(32)29(38-31)36-25-7-5-4-6-23(25)28(41)30(42)35-20-10-14-33-15-11-20/h4-9,18-21,33H,10-17H2,1-3H3,(H,35,42)(H2,34,36,37,38). The number of para-hydroxylation sites is 1. The zero-order valence-corrected chi connectivity index (χ0v) is 25.6. The Labute approximate surface area is 257 Å². The van der Waals surface area contributed by atoms with Crippen LogP contribution in [-0.4, -0.2) is 86.0 Å². The lowest BCUT2D eigenvalue weighted by atomic mass is 10.0. The second kappa shape index (κ2) is 14.0. The highest BCUT2D eigenvalue weighted by atomic mass is 35.5. The highest BCUT2D eigenvalue weighted by Crippen LogP contribution is 2.34. The lowest BCUT2D eigenvalue weighted by Crippen LogP contribution is -2.45. The summed E-state index contributed by atoms with van der Waals surface area (Å²) in [7, 11) is 5.91. The maximum absolute atomic E-state index is 13.1. The van der Waals surface area contributed by atoms with Crippen molar-refractivity contribution in [1.82, 2.24) is 25.5 Å². The van der Waals surface area contributed by atoms with Crippen molar-refractivity contribution in [2.24, 2.45) is 0 Å². The number of carbonyl (C=O) groups is 2. The molecule has 0 atom stereocenters. The minimum absolute atomic E-state index is 0.0240. The van der Waals surface area contributed by atoms with Crippen molar-refractivity contribution in [2.75, 3.05) is 62.9 Å². The molecule has 0 saturated carbocycles. The van der Waals surface area contributed by atoms with Gasteiger partial charge in [0.15, 0.2) is 5.82 Å². The zero-order chi connectivity index (χ0) is 30.3. The Kier molecular flexibility index (Phi) is 9.96. The van der Waals surface area contributed by atoms with Crippen LogP contribution in [0.5, 0.6) is 5.75 Å². The molecule has 5 rings (SSSR count). The average molecular weight is 607 g/mol. The number of anilines is 5. The highest BCUT2D eigenvalue weighted by molar-refractivity contribution is 6.44. The molecular weight excluding hydrogens is 568 g/mol. The first-order valence-corrected chi connectivity index (χ1v) is 15.0. The van der Waals surface area contributed by atoms with Crippen molar-refractivity contribution in [1.29, 1.82) is 0 Å². The Morgan fingerprint density at radius 2 is 1.77 bits per heavy atom. The van der Waals surface area contributed by atoms with Crippen molar-refractivity contribution < 1.29 is 14.3 Å². The van der Waals surface area contributed by atoms with Crippen LogP contribution < -0.4 is 30.9 Å². The Morgan fingerprint density at radius 3 is 2.49 bits per heavy atom. The molecule has 1 amide bonds.